The highest BCUT2D eigenvalue weighted by atomic mass is 32.1. The number of alkyl halides is 2. The van der Waals surface area contributed by atoms with E-state index in [0.717, 1.165) is 43.0 Å². The van der Waals surface area contributed by atoms with Crippen LogP contribution < -0.4 is 10.5 Å². The molecule has 6 nitrogen and oxygen atoms in total. The molecule has 1 aromatic carbocycles. The topological polar surface area (TPSA) is 54.3 Å². The third-order valence-electron chi connectivity index (χ3n) is 5.76. The Labute approximate surface area is 176 Å². The summed E-state index contributed by atoms with van der Waals surface area (Å²) in [6, 6.07) is 5.47. The van der Waals surface area contributed by atoms with Gasteiger partial charge < -0.3 is 4.90 Å². The van der Waals surface area contributed by atoms with Gasteiger partial charge >= 0.3 is 0 Å². The van der Waals surface area contributed by atoms with E-state index in [1.54, 1.807) is 6.07 Å². The van der Waals surface area contributed by atoms with Crippen LogP contribution in [0.2, 0.25) is 0 Å². The van der Waals surface area contributed by atoms with E-state index in [1.165, 1.54) is 29.1 Å². The molecule has 2 aromatic heterocycles. The predicted molar refractivity (Wildman–Crippen MR) is 114 cm³/mol. The number of fused-ring (bicyclic) bond motifs is 1. The lowest BCUT2D eigenvalue weighted by Gasteiger charge is -2.35. The summed E-state index contributed by atoms with van der Waals surface area (Å²) in [7, 11) is 0. The number of halogens is 2. The Kier molecular flexibility index (Phi) is 5.24. The van der Waals surface area contributed by atoms with E-state index < -0.39 is 18.5 Å². The monoisotopic (exact) mass is 431 g/mol. The molecule has 0 unspecified atom stereocenters. The molecule has 3 heterocycles. The number of benzene rings is 1. The number of hydrogen-bond donors (Lipinski definition) is 0. The molecule has 0 radical (unpaired) electrons. The van der Waals surface area contributed by atoms with Crippen molar-refractivity contribution in [1.29, 1.82) is 0 Å². The Morgan fingerprint density at radius 1 is 1.13 bits per heavy atom. The first-order chi connectivity index (χ1) is 14.6. The van der Waals surface area contributed by atoms with Crippen LogP contribution in [0.1, 0.15) is 28.6 Å². The molecule has 2 aliphatic rings. The highest BCUT2D eigenvalue weighted by Gasteiger charge is 2.27. The lowest BCUT2D eigenvalue weighted by molar-refractivity contribution is 0.125. The SMILES string of the molecule is O=c1c2ccc(N3CCN(Cc4cnc(C5CC5)s4)CC3)cc2ncn1CC(F)F. The third-order valence-corrected chi connectivity index (χ3v) is 6.90. The Balaban J connectivity index is 1.24. The highest BCUT2D eigenvalue weighted by Crippen LogP contribution is 2.41. The largest absolute Gasteiger partial charge is 0.369 e. The van der Waals surface area contributed by atoms with E-state index in [-0.39, 0.29) is 0 Å². The Hall–Kier alpha value is -2.39. The van der Waals surface area contributed by atoms with Crippen LogP contribution >= 0.6 is 11.3 Å². The van der Waals surface area contributed by atoms with Crippen molar-refractivity contribution < 1.29 is 8.78 Å². The van der Waals surface area contributed by atoms with Gasteiger partial charge in [0.1, 0.15) is 0 Å². The Morgan fingerprint density at radius 2 is 1.93 bits per heavy atom. The maximum absolute atomic E-state index is 12.6. The number of nitrogens with zero attached hydrogens (tertiary/aromatic N) is 5. The molecule has 0 bridgehead atoms. The van der Waals surface area contributed by atoms with Gasteiger partial charge in [0.15, 0.2) is 0 Å². The minimum atomic E-state index is -2.58. The molecule has 3 aromatic rings. The molecule has 0 atom stereocenters. The average molecular weight is 432 g/mol. The highest BCUT2D eigenvalue weighted by molar-refractivity contribution is 7.11. The summed E-state index contributed by atoms with van der Waals surface area (Å²) >= 11 is 1.85. The van der Waals surface area contributed by atoms with Crippen LogP contribution in [0.5, 0.6) is 0 Å². The lowest BCUT2D eigenvalue weighted by atomic mass is 10.2. The van der Waals surface area contributed by atoms with Crippen molar-refractivity contribution in [3.63, 3.8) is 0 Å². The first-order valence-corrected chi connectivity index (χ1v) is 11.1. The van der Waals surface area contributed by atoms with Gasteiger partial charge in [-0.1, -0.05) is 0 Å². The van der Waals surface area contributed by atoms with Gasteiger partial charge in [-0.2, -0.15) is 0 Å². The summed E-state index contributed by atoms with van der Waals surface area (Å²) in [4.78, 5) is 27.2. The summed E-state index contributed by atoms with van der Waals surface area (Å²) in [6.07, 6.45) is 3.23. The fraction of sp³-hybridized carbons (Fsp3) is 0.476. The second kappa shape index (κ2) is 8.03. The molecule has 158 valence electrons. The minimum Gasteiger partial charge on any atom is -0.369 e. The van der Waals surface area contributed by atoms with Gasteiger partial charge in [0.05, 0.1) is 28.8 Å². The fourth-order valence-electron chi connectivity index (χ4n) is 3.92. The first kappa shape index (κ1) is 19.6. The van der Waals surface area contributed by atoms with Gasteiger partial charge in [-0.25, -0.2) is 18.7 Å². The molecule has 0 amide bonds. The van der Waals surface area contributed by atoms with E-state index in [2.05, 4.69) is 19.8 Å². The van der Waals surface area contributed by atoms with Crippen molar-refractivity contribution >= 4 is 27.9 Å². The average Bonchev–Trinajstić information content (AvgIpc) is 3.49. The van der Waals surface area contributed by atoms with E-state index >= 15 is 0 Å². The van der Waals surface area contributed by atoms with Crippen LogP contribution in [0.4, 0.5) is 14.5 Å². The minimum absolute atomic E-state index is 0.372. The number of aromatic nitrogens is 3. The Bertz CT molecular complexity index is 1100. The zero-order valence-corrected chi connectivity index (χ0v) is 17.3. The molecule has 30 heavy (non-hydrogen) atoms. The molecule has 1 saturated heterocycles. The molecular weight excluding hydrogens is 408 g/mol. The van der Waals surface area contributed by atoms with Gasteiger partial charge in [0, 0.05) is 55.4 Å². The maximum atomic E-state index is 12.6. The van der Waals surface area contributed by atoms with E-state index in [9.17, 15) is 13.6 Å². The van der Waals surface area contributed by atoms with Crippen molar-refractivity contribution in [1.82, 2.24) is 19.4 Å². The first-order valence-electron chi connectivity index (χ1n) is 10.3. The molecule has 2 fully saturated rings. The summed E-state index contributed by atoms with van der Waals surface area (Å²) < 4.78 is 26.2. The number of piperazine rings is 1. The van der Waals surface area contributed by atoms with Crippen LogP contribution in [0.15, 0.2) is 35.5 Å². The predicted octanol–water partition coefficient (Wildman–Crippen LogP) is 3.32. The summed E-state index contributed by atoms with van der Waals surface area (Å²) in [5.41, 5.74) is 1.13. The second-order valence-electron chi connectivity index (χ2n) is 8.00. The number of rotatable bonds is 6. The standard InChI is InChI=1S/C21H23F2N5OS/c22-19(23)12-28-13-25-18-9-15(3-4-17(18)21(28)29)27-7-5-26(6-8-27)11-16-10-24-20(30-16)14-1-2-14/h3-4,9-10,13-14,19H,1-2,5-8,11-12H2. The molecule has 1 aliphatic heterocycles. The number of anilines is 1. The molecule has 0 N–H and O–H groups in total. The van der Waals surface area contributed by atoms with Crippen LogP contribution in [0.25, 0.3) is 10.9 Å². The Morgan fingerprint density at radius 3 is 2.67 bits per heavy atom. The van der Waals surface area contributed by atoms with Crippen molar-refractivity contribution in [2.24, 2.45) is 0 Å². The molecular formula is C21H23F2N5OS. The van der Waals surface area contributed by atoms with Crippen LogP contribution in [0.3, 0.4) is 0 Å². The zero-order chi connectivity index (χ0) is 20.7. The van der Waals surface area contributed by atoms with Crippen molar-refractivity contribution in [2.45, 2.75) is 38.3 Å². The maximum Gasteiger partial charge on any atom is 0.261 e. The number of thiazole rings is 1. The van der Waals surface area contributed by atoms with E-state index in [4.69, 9.17) is 0 Å². The van der Waals surface area contributed by atoms with E-state index in [0.29, 0.717) is 16.8 Å². The van der Waals surface area contributed by atoms with Crippen LogP contribution in [-0.4, -0.2) is 52.0 Å². The fourth-order valence-corrected chi connectivity index (χ4v) is 5.05. The lowest BCUT2D eigenvalue weighted by Crippen LogP contribution is -2.45. The third kappa shape index (κ3) is 4.09. The summed E-state index contributed by atoms with van der Waals surface area (Å²) in [5.74, 6) is 0.710. The van der Waals surface area contributed by atoms with Gasteiger partial charge in [-0.15, -0.1) is 11.3 Å². The molecule has 1 saturated carbocycles. The smallest absolute Gasteiger partial charge is 0.261 e. The van der Waals surface area contributed by atoms with Crippen molar-refractivity contribution in [3.8, 4) is 0 Å². The van der Waals surface area contributed by atoms with Crippen molar-refractivity contribution in [2.75, 3.05) is 31.1 Å². The summed E-state index contributed by atoms with van der Waals surface area (Å²) in [6.45, 7) is 4.01. The number of hydrogen-bond acceptors (Lipinski definition) is 6. The molecule has 0 spiro atoms. The molecule has 5 rings (SSSR count). The normalized spacial score (nSPS) is 17.9. The van der Waals surface area contributed by atoms with Crippen LogP contribution in [0, 0.1) is 0 Å². The van der Waals surface area contributed by atoms with Crippen molar-refractivity contribution in [3.05, 3.63) is 51.0 Å². The zero-order valence-electron chi connectivity index (χ0n) is 16.5. The van der Waals surface area contributed by atoms with Gasteiger partial charge in [-0.3, -0.25) is 14.3 Å². The van der Waals surface area contributed by atoms with Gasteiger partial charge in [0.2, 0.25) is 0 Å². The van der Waals surface area contributed by atoms with Crippen LogP contribution in [-0.2, 0) is 13.1 Å². The molecule has 9 heteroatoms. The molecule has 1 aliphatic carbocycles. The van der Waals surface area contributed by atoms with E-state index in [1.807, 2.05) is 29.7 Å². The second-order valence-corrected chi connectivity index (χ2v) is 9.14. The quantitative estimate of drug-likeness (QED) is 0.599. The van der Waals surface area contributed by atoms with Gasteiger partial charge in [-0.05, 0) is 31.0 Å². The summed E-state index contributed by atoms with van der Waals surface area (Å²) in [5, 5.41) is 1.66. The van der Waals surface area contributed by atoms with Gasteiger partial charge in [0.25, 0.3) is 12.0 Å².